The summed E-state index contributed by atoms with van der Waals surface area (Å²) >= 11 is 12.0. The molecule has 3 rings (SSSR count). The molecular weight excluding hydrogens is 323 g/mol. The molecule has 1 aromatic carbocycles. The Morgan fingerprint density at radius 1 is 1.27 bits per heavy atom. The van der Waals surface area contributed by atoms with E-state index in [1.807, 2.05) is 6.07 Å². The third-order valence-corrected chi connectivity index (χ3v) is 3.76. The number of amides is 1. The lowest BCUT2D eigenvalue weighted by Crippen LogP contribution is -2.17. The van der Waals surface area contributed by atoms with Crippen LogP contribution in [-0.2, 0) is 0 Å². The minimum atomic E-state index is -0.392. The van der Waals surface area contributed by atoms with Gasteiger partial charge in [0.2, 0.25) is 0 Å². The fraction of sp³-hybridized carbons (Fsp3) is 0.267. The maximum atomic E-state index is 12.4. The van der Waals surface area contributed by atoms with Gasteiger partial charge in [-0.05, 0) is 38.0 Å². The molecule has 114 valence electrons. The van der Waals surface area contributed by atoms with Crippen LogP contribution in [0, 0.1) is 6.92 Å². The van der Waals surface area contributed by atoms with E-state index < -0.39 is 5.91 Å². The van der Waals surface area contributed by atoms with Gasteiger partial charge >= 0.3 is 0 Å². The summed E-state index contributed by atoms with van der Waals surface area (Å²) in [6.07, 6.45) is 3.68. The summed E-state index contributed by atoms with van der Waals surface area (Å²) in [6, 6.07) is 5.79. The number of nitrogens with one attached hydrogen (secondary N) is 2. The smallest absolute Gasteiger partial charge is 0.276 e. The molecule has 22 heavy (non-hydrogen) atoms. The highest BCUT2D eigenvalue weighted by Crippen LogP contribution is 2.31. The summed E-state index contributed by atoms with van der Waals surface area (Å²) in [5.41, 5.74) is 1.59. The second-order valence-corrected chi connectivity index (χ2v) is 6.02. The molecule has 0 aliphatic heterocycles. The van der Waals surface area contributed by atoms with E-state index in [1.54, 1.807) is 19.1 Å². The number of hydrogen-bond donors (Lipinski definition) is 2. The molecule has 1 aromatic heterocycles. The van der Waals surface area contributed by atoms with Crippen molar-refractivity contribution in [3.8, 4) is 0 Å². The summed E-state index contributed by atoms with van der Waals surface area (Å²) < 4.78 is 0. The van der Waals surface area contributed by atoms with E-state index in [0.29, 0.717) is 22.6 Å². The second-order valence-electron chi connectivity index (χ2n) is 5.18. The highest BCUT2D eigenvalue weighted by Gasteiger charge is 2.23. The molecule has 1 aliphatic carbocycles. The monoisotopic (exact) mass is 336 g/mol. The van der Waals surface area contributed by atoms with Crippen molar-refractivity contribution in [2.75, 3.05) is 10.6 Å². The number of anilines is 2. The van der Waals surface area contributed by atoms with Crippen LogP contribution >= 0.6 is 23.2 Å². The average Bonchev–Trinajstić information content (AvgIpc) is 3.28. The molecule has 0 spiro atoms. The quantitative estimate of drug-likeness (QED) is 0.887. The first-order valence-electron chi connectivity index (χ1n) is 6.89. The summed E-state index contributed by atoms with van der Waals surface area (Å²) in [5.74, 6) is 0.0913. The van der Waals surface area contributed by atoms with E-state index >= 15 is 0 Å². The molecule has 7 heteroatoms. The van der Waals surface area contributed by atoms with Crippen LogP contribution in [0.3, 0.4) is 0 Å². The number of carbonyl (C=O) groups is 1. The van der Waals surface area contributed by atoms with Crippen LogP contribution in [0.25, 0.3) is 0 Å². The number of carbonyl (C=O) groups excluding carboxylic acids is 1. The highest BCUT2D eigenvalue weighted by molar-refractivity contribution is 6.34. The van der Waals surface area contributed by atoms with Gasteiger partial charge in [-0.3, -0.25) is 4.79 Å². The first-order chi connectivity index (χ1) is 10.5. The number of aromatic nitrogens is 2. The molecule has 0 saturated heterocycles. The van der Waals surface area contributed by atoms with E-state index in [0.717, 1.165) is 18.5 Å². The van der Waals surface area contributed by atoms with Gasteiger partial charge in [0.15, 0.2) is 5.69 Å². The van der Waals surface area contributed by atoms with E-state index in [-0.39, 0.29) is 10.7 Å². The van der Waals surface area contributed by atoms with Crippen LogP contribution in [0.15, 0.2) is 24.4 Å². The average molecular weight is 337 g/mol. The maximum absolute atomic E-state index is 12.4. The number of hydrogen-bond acceptors (Lipinski definition) is 4. The molecule has 0 atom stereocenters. The van der Waals surface area contributed by atoms with Crippen molar-refractivity contribution in [3.05, 3.63) is 46.0 Å². The van der Waals surface area contributed by atoms with Crippen LogP contribution in [0.5, 0.6) is 0 Å². The summed E-state index contributed by atoms with van der Waals surface area (Å²) in [4.78, 5) is 20.4. The Morgan fingerprint density at radius 3 is 2.77 bits per heavy atom. The largest absolute Gasteiger partial charge is 0.381 e. The predicted octanol–water partition coefficient (Wildman–Crippen LogP) is 3.92. The molecule has 1 amide bonds. The zero-order valence-electron chi connectivity index (χ0n) is 11.9. The number of rotatable bonds is 4. The molecule has 0 unspecified atom stereocenters. The van der Waals surface area contributed by atoms with Crippen LogP contribution in [0.2, 0.25) is 10.0 Å². The summed E-state index contributed by atoms with van der Waals surface area (Å²) in [6.45, 7) is 1.70. The summed E-state index contributed by atoms with van der Waals surface area (Å²) in [5, 5.41) is 6.92. The Kier molecular flexibility index (Phi) is 4.18. The first-order valence-corrected chi connectivity index (χ1v) is 7.65. The van der Waals surface area contributed by atoms with E-state index in [4.69, 9.17) is 23.2 Å². The van der Waals surface area contributed by atoms with Crippen molar-refractivity contribution >= 4 is 40.5 Å². The van der Waals surface area contributed by atoms with Crippen LogP contribution < -0.4 is 10.6 Å². The Balaban J connectivity index is 1.86. The van der Waals surface area contributed by atoms with E-state index in [2.05, 4.69) is 20.6 Å². The van der Waals surface area contributed by atoms with Gasteiger partial charge in [0, 0.05) is 11.1 Å². The van der Waals surface area contributed by atoms with Gasteiger partial charge in [0.05, 0.1) is 22.6 Å². The van der Waals surface area contributed by atoms with Crippen LogP contribution in [0.4, 0.5) is 11.4 Å². The normalized spacial score (nSPS) is 13.8. The number of nitrogens with zero attached hydrogens (tertiary/aromatic N) is 2. The SMILES string of the molecule is Cc1ncc(Cl)c(C(=O)Nc2cc(Cl)ccc2NC2CC2)n1. The van der Waals surface area contributed by atoms with Crippen molar-refractivity contribution in [1.82, 2.24) is 9.97 Å². The Hall–Kier alpha value is -1.85. The molecule has 1 fully saturated rings. The molecule has 0 radical (unpaired) electrons. The minimum Gasteiger partial charge on any atom is -0.381 e. The molecule has 1 aliphatic rings. The van der Waals surface area contributed by atoms with Gasteiger partial charge in [-0.2, -0.15) is 0 Å². The van der Waals surface area contributed by atoms with Crippen molar-refractivity contribution in [2.45, 2.75) is 25.8 Å². The number of halogens is 2. The van der Waals surface area contributed by atoms with Gasteiger partial charge < -0.3 is 10.6 Å². The topological polar surface area (TPSA) is 66.9 Å². The second kappa shape index (κ2) is 6.10. The van der Waals surface area contributed by atoms with Crippen molar-refractivity contribution in [1.29, 1.82) is 0 Å². The van der Waals surface area contributed by atoms with Crippen molar-refractivity contribution < 1.29 is 4.79 Å². The number of aryl methyl sites for hydroxylation is 1. The third-order valence-electron chi connectivity index (χ3n) is 3.25. The zero-order valence-corrected chi connectivity index (χ0v) is 13.4. The third kappa shape index (κ3) is 3.48. The van der Waals surface area contributed by atoms with Gasteiger partial charge in [-0.1, -0.05) is 23.2 Å². The molecule has 2 aromatic rings. The lowest BCUT2D eigenvalue weighted by atomic mass is 10.2. The van der Waals surface area contributed by atoms with E-state index in [1.165, 1.54) is 6.20 Å². The Bertz CT molecular complexity index is 731. The molecular formula is C15H14Cl2N4O. The molecule has 5 nitrogen and oxygen atoms in total. The lowest BCUT2D eigenvalue weighted by Gasteiger charge is -2.13. The van der Waals surface area contributed by atoms with Crippen LogP contribution in [-0.4, -0.2) is 21.9 Å². The fourth-order valence-electron chi connectivity index (χ4n) is 1.99. The molecule has 1 heterocycles. The first kappa shape index (κ1) is 15.1. The van der Waals surface area contributed by atoms with Crippen LogP contribution in [0.1, 0.15) is 29.2 Å². The lowest BCUT2D eigenvalue weighted by molar-refractivity contribution is 0.102. The van der Waals surface area contributed by atoms with Crippen molar-refractivity contribution in [3.63, 3.8) is 0 Å². The van der Waals surface area contributed by atoms with E-state index in [9.17, 15) is 4.79 Å². The minimum absolute atomic E-state index is 0.145. The zero-order chi connectivity index (χ0) is 15.7. The van der Waals surface area contributed by atoms with Gasteiger partial charge in [0.1, 0.15) is 5.82 Å². The molecule has 1 saturated carbocycles. The van der Waals surface area contributed by atoms with Gasteiger partial charge in [0.25, 0.3) is 5.91 Å². The fourth-order valence-corrected chi connectivity index (χ4v) is 2.34. The molecule has 0 bridgehead atoms. The highest BCUT2D eigenvalue weighted by atomic mass is 35.5. The predicted molar refractivity (Wildman–Crippen MR) is 87.8 cm³/mol. The number of benzene rings is 1. The standard InChI is InChI=1S/C15H14Cl2N4O/c1-8-18-7-11(17)14(19-8)15(22)21-13-6-9(16)2-5-12(13)20-10-3-4-10/h2,5-7,10,20H,3-4H2,1H3,(H,21,22). The van der Waals surface area contributed by atoms with Gasteiger partial charge in [-0.25, -0.2) is 9.97 Å². The molecule has 2 N–H and O–H groups in total. The summed E-state index contributed by atoms with van der Waals surface area (Å²) in [7, 11) is 0. The van der Waals surface area contributed by atoms with Crippen molar-refractivity contribution in [2.24, 2.45) is 0 Å². The Labute approximate surface area is 138 Å². The Morgan fingerprint density at radius 2 is 2.05 bits per heavy atom. The van der Waals surface area contributed by atoms with Gasteiger partial charge in [-0.15, -0.1) is 0 Å². The maximum Gasteiger partial charge on any atom is 0.276 e.